The van der Waals surface area contributed by atoms with Crippen LogP contribution in [0.2, 0.25) is 0 Å². The van der Waals surface area contributed by atoms with E-state index >= 15 is 0 Å². The van der Waals surface area contributed by atoms with E-state index in [1.54, 1.807) is 12.1 Å². The van der Waals surface area contributed by atoms with Crippen LogP contribution in [0.1, 0.15) is 25.8 Å². The highest BCUT2D eigenvalue weighted by atomic mass is 19.1. The molecule has 0 radical (unpaired) electrons. The fourth-order valence-electron chi connectivity index (χ4n) is 1.54. The second kappa shape index (κ2) is 4.07. The van der Waals surface area contributed by atoms with E-state index in [1.165, 1.54) is 12.1 Å². The summed E-state index contributed by atoms with van der Waals surface area (Å²) in [6, 6.07) is 6.05. The van der Waals surface area contributed by atoms with Crippen LogP contribution in [0.25, 0.3) is 0 Å². The summed E-state index contributed by atoms with van der Waals surface area (Å²) >= 11 is 0. The van der Waals surface area contributed by atoms with Crippen LogP contribution in [0.4, 0.5) is 4.39 Å². The normalized spacial score (nSPS) is 15.6. The number of nitrogens with two attached hydrogens (primary N) is 1. The summed E-state index contributed by atoms with van der Waals surface area (Å²) < 4.78 is 13.3. The van der Waals surface area contributed by atoms with Gasteiger partial charge in [0.25, 0.3) is 0 Å². The molecule has 1 rings (SSSR count). The van der Waals surface area contributed by atoms with Crippen LogP contribution in [-0.4, -0.2) is 5.11 Å². The van der Waals surface area contributed by atoms with Crippen LogP contribution in [0.3, 0.4) is 0 Å². The van der Waals surface area contributed by atoms with Gasteiger partial charge in [-0.05, 0) is 18.4 Å². The van der Waals surface area contributed by atoms with Crippen molar-refractivity contribution in [1.29, 1.82) is 0 Å². The topological polar surface area (TPSA) is 46.2 Å². The van der Waals surface area contributed by atoms with Crippen molar-refractivity contribution in [3.63, 3.8) is 0 Å². The molecule has 0 aliphatic rings. The molecule has 0 amide bonds. The van der Waals surface area contributed by atoms with Gasteiger partial charge >= 0.3 is 0 Å². The van der Waals surface area contributed by atoms with E-state index in [9.17, 15) is 9.50 Å². The molecule has 14 heavy (non-hydrogen) atoms. The van der Waals surface area contributed by atoms with E-state index < -0.39 is 11.5 Å². The van der Waals surface area contributed by atoms with E-state index in [0.29, 0.717) is 6.42 Å². The predicted molar refractivity (Wildman–Crippen MR) is 53.9 cm³/mol. The minimum absolute atomic E-state index is 0.161. The Balaban J connectivity index is 2.97. The lowest BCUT2D eigenvalue weighted by molar-refractivity contribution is 0.0184. The molecule has 0 aliphatic heterocycles. The van der Waals surface area contributed by atoms with E-state index in [4.69, 9.17) is 5.73 Å². The molecule has 0 aliphatic carbocycles. The zero-order valence-electron chi connectivity index (χ0n) is 8.50. The first-order valence-electron chi connectivity index (χ1n) is 4.70. The molecule has 1 atom stereocenters. The van der Waals surface area contributed by atoms with E-state index in [1.807, 2.05) is 13.8 Å². The van der Waals surface area contributed by atoms with Crippen molar-refractivity contribution in [1.82, 2.24) is 0 Å². The number of aliphatic hydroxyl groups is 1. The van der Waals surface area contributed by atoms with E-state index in [-0.39, 0.29) is 11.5 Å². The molecule has 0 fully saturated rings. The molecule has 2 nitrogen and oxygen atoms in total. The maximum atomic E-state index is 13.3. The highest BCUT2D eigenvalue weighted by molar-refractivity contribution is 5.23. The molecule has 78 valence electrons. The van der Waals surface area contributed by atoms with E-state index in [2.05, 4.69) is 0 Å². The molecule has 1 aromatic carbocycles. The molecule has 0 aromatic heterocycles. The Morgan fingerprint density at radius 2 is 2.00 bits per heavy atom. The van der Waals surface area contributed by atoms with Crippen LogP contribution in [0, 0.1) is 11.7 Å². The number of rotatable bonds is 3. The molecule has 1 aromatic rings. The minimum Gasteiger partial charge on any atom is -0.372 e. The maximum Gasteiger partial charge on any atom is 0.142 e. The highest BCUT2D eigenvalue weighted by Gasteiger charge is 2.27. The lowest BCUT2D eigenvalue weighted by Crippen LogP contribution is -2.38. The molecule has 0 heterocycles. The first-order chi connectivity index (χ1) is 6.43. The second-order valence-corrected chi connectivity index (χ2v) is 4.00. The summed E-state index contributed by atoms with van der Waals surface area (Å²) in [6.45, 7) is 3.86. The molecular formula is C11H16FNO. The summed E-state index contributed by atoms with van der Waals surface area (Å²) in [6.07, 6.45) is 0.341. The summed E-state index contributed by atoms with van der Waals surface area (Å²) in [4.78, 5) is 0. The summed E-state index contributed by atoms with van der Waals surface area (Å²) in [5, 5.41) is 9.87. The van der Waals surface area contributed by atoms with Crippen molar-refractivity contribution < 1.29 is 9.50 Å². The molecule has 0 saturated carbocycles. The number of halogens is 1. The van der Waals surface area contributed by atoms with Crippen molar-refractivity contribution >= 4 is 0 Å². The van der Waals surface area contributed by atoms with Gasteiger partial charge in [-0.3, -0.25) is 5.73 Å². The lowest BCUT2D eigenvalue weighted by atomic mass is 9.94. The van der Waals surface area contributed by atoms with Crippen molar-refractivity contribution in [2.75, 3.05) is 0 Å². The lowest BCUT2D eigenvalue weighted by Gasteiger charge is -2.25. The fourth-order valence-corrected chi connectivity index (χ4v) is 1.54. The molecule has 1 unspecified atom stereocenters. The van der Waals surface area contributed by atoms with Gasteiger partial charge in [0.15, 0.2) is 0 Å². The third kappa shape index (κ3) is 2.53. The largest absolute Gasteiger partial charge is 0.372 e. The average molecular weight is 197 g/mol. The molecular weight excluding hydrogens is 181 g/mol. The Morgan fingerprint density at radius 3 is 2.50 bits per heavy atom. The van der Waals surface area contributed by atoms with Crippen molar-refractivity contribution in [2.24, 2.45) is 11.7 Å². The highest BCUT2D eigenvalue weighted by Crippen LogP contribution is 2.25. The Morgan fingerprint density at radius 1 is 1.43 bits per heavy atom. The van der Waals surface area contributed by atoms with Crippen LogP contribution >= 0.6 is 0 Å². The summed E-state index contributed by atoms with van der Waals surface area (Å²) in [5.41, 5.74) is 4.25. The predicted octanol–water partition coefficient (Wildman–Crippen LogP) is 1.98. The summed E-state index contributed by atoms with van der Waals surface area (Å²) in [7, 11) is 0. The summed E-state index contributed by atoms with van der Waals surface area (Å²) in [5.74, 6) is -0.247. The van der Waals surface area contributed by atoms with Gasteiger partial charge in [0, 0.05) is 5.56 Å². The van der Waals surface area contributed by atoms with Gasteiger partial charge in [-0.15, -0.1) is 0 Å². The van der Waals surface area contributed by atoms with Crippen LogP contribution in [-0.2, 0) is 5.72 Å². The second-order valence-electron chi connectivity index (χ2n) is 4.00. The SMILES string of the molecule is CC(C)CC(N)(O)c1ccccc1F. The van der Waals surface area contributed by atoms with Crippen LogP contribution < -0.4 is 5.73 Å². The van der Waals surface area contributed by atoms with Gasteiger partial charge in [-0.1, -0.05) is 32.0 Å². The number of hydrogen-bond acceptors (Lipinski definition) is 2. The monoisotopic (exact) mass is 197 g/mol. The Bertz CT molecular complexity index is 310. The Hall–Kier alpha value is -0.930. The maximum absolute atomic E-state index is 13.3. The zero-order valence-corrected chi connectivity index (χ0v) is 8.50. The quantitative estimate of drug-likeness (QED) is 0.728. The van der Waals surface area contributed by atoms with Crippen LogP contribution in [0.5, 0.6) is 0 Å². The minimum atomic E-state index is -1.57. The third-order valence-corrected chi connectivity index (χ3v) is 2.06. The van der Waals surface area contributed by atoms with Gasteiger partial charge in [-0.25, -0.2) is 4.39 Å². The van der Waals surface area contributed by atoms with Gasteiger partial charge in [-0.2, -0.15) is 0 Å². The Kier molecular flexibility index (Phi) is 3.24. The number of hydrogen-bond donors (Lipinski definition) is 2. The Labute approximate surface area is 83.6 Å². The van der Waals surface area contributed by atoms with Gasteiger partial charge in [0.05, 0.1) is 0 Å². The third-order valence-electron chi connectivity index (χ3n) is 2.06. The molecule has 3 heteroatoms. The molecule has 0 spiro atoms. The molecule has 3 N–H and O–H groups in total. The van der Waals surface area contributed by atoms with Gasteiger partial charge in [0.2, 0.25) is 0 Å². The molecule has 0 bridgehead atoms. The van der Waals surface area contributed by atoms with Crippen molar-refractivity contribution in [3.05, 3.63) is 35.6 Å². The standard InChI is InChI=1S/C11H16FNO/c1-8(2)7-11(13,14)9-5-3-4-6-10(9)12/h3-6,8,14H,7,13H2,1-2H3. The van der Waals surface area contributed by atoms with E-state index in [0.717, 1.165) is 0 Å². The van der Waals surface area contributed by atoms with Crippen molar-refractivity contribution in [2.45, 2.75) is 26.0 Å². The zero-order chi connectivity index (χ0) is 10.8. The molecule has 0 saturated heterocycles. The average Bonchev–Trinajstić information content (AvgIpc) is 2.02. The van der Waals surface area contributed by atoms with Gasteiger partial charge in [0.1, 0.15) is 11.5 Å². The first kappa shape index (κ1) is 11.1. The van der Waals surface area contributed by atoms with Crippen LogP contribution in [0.15, 0.2) is 24.3 Å². The first-order valence-corrected chi connectivity index (χ1v) is 4.70. The van der Waals surface area contributed by atoms with Gasteiger partial charge < -0.3 is 5.11 Å². The van der Waals surface area contributed by atoms with Crippen molar-refractivity contribution in [3.8, 4) is 0 Å². The number of benzene rings is 1. The smallest absolute Gasteiger partial charge is 0.142 e. The fraction of sp³-hybridized carbons (Fsp3) is 0.455.